The normalized spacial score (nSPS) is 11.6. The Bertz CT molecular complexity index is 915. The van der Waals surface area contributed by atoms with Gasteiger partial charge in [-0.3, -0.25) is 19.0 Å². The minimum atomic E-state index is -0.129. The Labute approximate surface area is 140 Å². The fourth-order valence-corrected chi connectivity index (χ4v) is 2.68. The Balaban J connectivity index is 2.23. The summed E-state index contributed by atoms with van der Waals surface area (Å²) in [5.74, 6) is 1.28. The first-order valence-corrected chi connectivity index (χ1v) is 8.07. The van der Waals surface area contributed by atoms with Gasteiger partial charge in [-0.15, -0.1) is 0 Å². The van der Waals surface area contributed by atoms with Crippen molar-refractivity contribution in [3.63, 3.8) is 0 Å². The Morgan fingerprint density at radius 1 is 1.21 bits per heavy atom. The van der Waals surface area contributed by atoms with Crippen molar-refractivity contribution in [3.05, 3.63) is 46.5 Å². The number of hydrogen-bond acceptors (Lipinski definition) is 4. The predicted molar refractivity (Wildman–Crippen MR) is 92.4 cm³/mol. The monoisotopic (exact) mass is 326 g/mol. The molecule has 0 aliphatic heterocycles. The van der Waals surface area contributed by atoms with Crippen molar-refractivity contribution >= 4 is 0 Å². The molecule has 0 unspecified atom stereocenters. The first kappa shape index (κ1) is 16.2. The second-order valence-electron chi connectivity index (χ2n) is 6.45. The third-order valence-corrected chi connectivity index (χ3v) is 3.98. The highest BCUT2D eigenvalue weighted by molar-refractivity contribution is 5.62. The Hall–Kier alpha value is -2.70. The van der Waals surface area contributed by atoms with Crippen LogP contribution in [-0.4, -0.2) is 29.3 Å². The Morgan fingerprint density at radius 2 is 1.96 bits per heavy atom. The number of hydrogen-bond donors (Lipinski definition) is 1. The van der Waals surface area contributed by atoms with Crippen LogP contribution in [0.3, 0.4) is 0 Å². The van der Waals surface area contributed by atoms with E-state index in [-0.39, 0.29) is 17.5 Å². The zero-order valence-electron chi connectivity index (χ0n) is 14.6. The summed E-state index contributed by atoms with van der Waals surface area (Å²) in [6.07, 6.45) is 7.16. The van der Waals surface area contributed by atoms with Crippen LogP contribution in [0.4, 0.5) is 0 Å². The fraction of sp³-hybridized carbons (Fsp3) is 0.412. The van der Waals surface area contributed by atoms with E-state index in [1.807, 2.05) is 31.6 Å². The van der Waals surface area contributed by atoms with Gasteiger partial charge in [0.25, 0.3) is 5.56 Å². The van der Waals surface area contributed by atoms with E-state index in [0.717, 1.165) is 11.4 Å². The van der Waals surface area contributed by atoms with Gasteiger partial charge in [-0.05, 0) is 26.7 Å². The second-order valence-corrected chi connectivity index (χ2v) is 6.45. The molecule has 1 N–H and O–H groups in total. The second kappa shape index (κ2) is 6.07. The summed E-state index contributed by atoms with van der Waals surface area (Å²) in [5.41, 5.74) is 2.05. The van der Waals surface area contributed by atoms with Gasteiger partial charge >= 0.3 is 0 Å². The molecular weight excluding hydrogens is 304 g/mol. The van der Waals surface area contributed by atoms with Crippen molar-refractivity contribution in [1.82, 2.24) is 29.3 Å². The van der Waals surface area contributed by atoms with Gasteiger partial charge in [-0.25, -0.2) is 9.97 Å². The summed E-state index contributed by atoms with van der Waals surface area (Å²) in [6, 6.07) is 0.249. The number of aromatic nitrogens is 6. The van der Waals surface area contributed by atoms with Crippen molar-refractivity contribution in [2.75, 3.05) is 0 Å². The molecule has 0 radical (unpaired) electrons. The topological polar surface area (TPSA) is 81.4 Å². The minimum absolute atomic E-state index is 0.0524. The Kier molecular flexibility index (Phi) is 4.09. The average Bonchev–Trinajstić information content (AvgIpc) is 3.14. The summed E-state index contributed by atoms with van der Waals surface area (Å²) >= 11 is 0. The van der Waals surface area contributed by atoms with Gasteiger partial charge in [0.15, 0.2) is 0 Å². The van der Waals surface area contributed by atoms with Crippen LogP contribution in [0, 0.1) is 6.92 Å². The van der Waals surface area contributed by atoms with E-state index in [0.29, 0.717) is 17.2 Å². The quantitative estimate of drug-likeness (QED) is 0.799. The van der Waals surface area contributed by atoms with Crippen LogP contribution in [0.1, 0.15) is 51.0 Å². The molecule has 0 atom stereocenters. The molecule has 0 aliphatic carbocycles. The number of nitrogens with one attached hydrogen (secondary N) is 1. The molecule has 7 nitrogen and oxygen atoms in total. The third-order valence-electron chi connectivity index (χ3n) is 3.98. The number of imidazole rings is 1. The van der Waals surface area contributed by atoms with Crippen LogP contribution >= 0.6 is 0 Å². The highest BCUT2D eigenvalue weighted by atomic mass is 16.1. The molecule has 0 bridgehead atoms. The van der Waals surface area contributed by atoms with Gasteiger partial charge < -0.3 is 0 Å². The number of aryl methyl sites for hydroxylation is 1. The first-order chi connectivity index (χ1) is 11.4. The number of aromatic amines is 1. The lowest BCUT2D eigenvalue weighted by Crippen LogP contribution is -2.20. The van der Waals surface area contributed by atoms with Crippen molar-refractivity contribution in [1.29, 1.82) is 0 Å². The van der Waals surface area contributed by atoms with E-state index in [2.05, 4.69) is 28.9 Å². The summed E-state index contributed by atoms with van der Waals surface area (Å²) in [6.45, 7) is 9.97. The van der Waals surface area contributed by atoms with Gasteiger partial charge in [0, 0.05) is 35.8 Å². The van der Waals surface area contributed by atoms with Crippen LogP contribution < -0.4 is 5.56 Å². The summed E-state index contributed by atoms with van der Waals surface area (Å²) < 4.78 is 3.63. The maximum Gasteiger partial charge on any atom is 0.256 e. The molecule has 0 fully saturated rings. The molecule has 3 heterocycles. The molecule has 3 rings (SSSR count). The van der Waals surface area contributed by atoms with Crippen LogP contribution in [0.2, 0.25) is 0 Å². The maximum absolute atomic E-state index is 12.7. The summed E-state index contributed by atoms with van der Waals surface area (Å²) in [4.78, 5) is 24.4. The SMILES string of the molecule is Cc1nccn1-c1nc(-c2cnn(C(C)C)c2)c(C(C)C)c(=O)[nH]1. The van der Waals surface area contributed by atoms with Crippen molar-refractivity contribution in [2.45, 2.75) is 46.6 Å². The maximum atomic E-state index is 12.7. The minimum Gasteiger partial charge on any atom is -0.292 e. The molecule has 0 spiro atoms. The molecule has 0 aliphatic rings. The van der Waals surface area contributed by atoms with Crippen LogP contribution in [0.25, 0.3) is 17.2 Å². The van der Waals surface area contributed by atoms with Crippen LogP contribution in [0.15, 0.2) is 29.6 Å². The van der Waals surface area contributed by atoms with Crippen molar-refractivity contribution < 1.29 is 0 Å². The van der Waals surface area contributed by atoms with Gasteiger partial charge in [-0.2, -0.15) is 5.10 Å². The highest BCUT2D eigenvalue weighted by Gasteiger charge is 2.19. The Morgan fingerprint density at radius 3 is 2.50 bits per heavy atom. The molecule has 3 aromatic rings. The molecule has 0 saturated carbocycles. The van der Waals surface area contributed by atoms with Gasteiger partial charge in [0.1, 0.15) is 5.82 Å². The lowest BCUT2D eigenvalue weighted by molar-refractivity contribution is 0.532. The summed E-state index contributed by atoms with van der Waals surface area (Å²) in [7, 11) is 0. The van der Waals surface area contributed by atoms with Gasteiger partial charge in [0.05, 0.1) is 11.9 Å². The third kappa shape index (κ3) is 2.77. The van der Waals surface area contributed by atoms with Gasteiger partial charge in [0.2, 0.25) is 5.95 Å². The average molecular weight is 326 g/mol. The van der Waals surface area contributed by atoms with E-state index < -0.39 is 0 Å². The zero-order chi connectivity index (χ0) is 17.4. The molecule has 126 valence electrons. The van der Waals surface area contributed by atoms with E-state index in [1.165, 1.54) is 0 Å². The fourth-order valence-electron chi connectivity index (χ4n) is 2.68. The molecule has 24 heavy (non-hydrogen) atoms. The van der Waals surface area contributed by atoms with E-state index in [9.17, 15) is 4.79 Å². The van der Waals surface area contributed by atoms with Crippen molar-refractivity contribution in [2.24, 2.45) is 0 Å². The first-order valence-electron chi connectivity index (χ1n) is 8.07. The van der Waals surface area contributed by atoms with Crippen LogP contribution in [0.5, 0.6) is 0 Å². The molecule has 0 aromatic carbocycles. The molecule has 0 saturated heterocycles. The number of rotatable bonds is 4. The molecule has 3 aromatic heterocycles. The predicted octanol–water partition coefficient (Wildman–Crippen LogP) is 2.83. The highest BCUT2D eigenvalue weighted by Crippen LogP contribution is 2.25. The smallest absolute Gasteiger partial charge is 0.256 e. The van der Waals surface area contributed by atoms with E-state index in [1.54, 1.807) is 23.2 Å². The van der Waals surface area contributed by atoms with Crippen LogP contribution in [-0.2, 0) is 0 Å². The number of nitrogens with zero attached hydrogens (tertiary/aromatic N) is 5. The van der Waals surface area contributed by atoms with E-state index >= 15 is 0 Å². The standard InChI is InChI=1S/C17H22N6O/c1-10(2)14-15(13-8-19-23(9-13)11(3)4)20-17(21-16(14)24)22-7-6-18-12(22)5/h6-11H,1-5H3,(H,20,21,24). The lowest BCUT2D eigenvalue weighted by atomic mass is 10.00. The largest absolute Gasteiger partial charge is 0.292 e. The van der Waals surface area contributed by atoms with Crippen molar-refractivity contribution in [3.8, 4) is 17.2 Å². The van der Waals surface area contributed by atoms with E-state index in [4.69, 9.17) is 4.98 Å². The molecule has 7 heteroatoms. The summed E-state index contributed by atoms with van der Waals surface area (Å²) in [5, 5.41) is 4.38. The van der Waals surface area contributed by atoms with Gasteiger partial charge in [-0.1, -0.05) is 13.8 Å². The zero-order valence-corrected chi connectivity index (χ0v) is 14.6. The number of H-pyrrole nitrogens is 1. The lowest BCUT2D eigenvalue weighted by Gasteiger charge is -2.12. The molecular formula is C17H22N6O. The molecule has 0 amide bonds.